The molecule has 0 radical (unpaired) electrons. The van der Waals surface area contributed by atoms with Crippen LogP contribution in [0.1, 0.15) is 48.2 Å². The molecule has 27 heavy (non-hydrogen) atoms. The normalized spacial score (nSPS) is 27.8. The Morgan fingerprint density at radius 2 is 1.67 bits per heavy atom. The van der Waals surface area contributed by atoms with Crippen molar-refractivity contribution < 1.29 is 18.8 Å². The van der Waals surface area contributed by atoms with Crippen molar-refractivity contribution in [3.8, 4) is 0 Å². The highest BCUT2D eigenvalue weighted by molar-refractivity contribution is 7.20. The SMILES string of the molecule is O=C1CCC(=O)N1C1CC2CCC(C1)N2C(=O)c1cc2cc(F)ccc2s1. The van der Waals surface area contributed by atoms with Gasteiger partial charge >= 0.3 is 0 Å². The third kappa shape index (κ3) is 2.67. The van der Waals surface area contributed by atoms with Gasteiger partial charge in [0, 0.05) is 35.7 Å². The summed E-state index contributed by atoms with van der Waals surface area (Å²) in [5.74, 6) is -0.465. The number of imide groups is 1. The summed E-state index contributed by atoms with van der Waals surface area (Å²) in [5, 5.41) is 0.749. The minimum Gasteiger partial charge on any atom is -0.332 e. The molecule has 0 saturated carbocycles. The summed E-state index contributed by atoms with van der Waals surface area (Å²) in [5.41, 5.74) is 0. The first kappa shape index (κ1) is 16.9. The number of carbonyl (C=O) groups is 3. The number of hydrogen-bond acceptors (Lipinski definition) is 4. The number of fused-ring (bicyclic) bond motifs is 3. The van der Waals surface area contributed by atoms with E-state index < -0.39 is 0 Å². The largest absolute Gasteiger partial charge is 0.332 e. The number of carbonyl (C=O) groups excluding carboxylic acids is 3. The van der Waals surface area contributed by atoms with Crippen molar-refractivity contribution in [2.45, 2.75) is 56.7 Å². The zero-order valence-corrected chi connectivity index (χ0v) is 15.5. The van der Waals surface area contributed by atoms with Gasteiger partial charge in [0.2, 0.25) is 11.8 Å². The molecule has 5 nitrogen and oxygen atoms in total. The van der Waals surface area contributed by atoms with Crippen LogP contribution in [-0.4, -0.2) is 45.6 Å². The molecule has 1 aromatic carbocycles. The first-order valence-corrected chi connectivity index (χ1v) is 10.2. The Morgan fingerprint density at radius 3 is 2.33 bits per heavy atom. The number of rotatable bonds is 2. The Kier molecular flexibility index (Phi) is 3.82. The van der Waals surface area contributed by atoms with Gasteiger partial charge in [-0.3, -0.25) is 19.3 Å². The predicted octanol–water partition coefficient (Wildman–Crippen LogP) is 3.33. The fourth-order valence-electron chi connectivity index (χ4n) is 4.94. The van der Waals surface area contributed by atoms with Crippen LogP contribution in [0.3, 0.4) is 0 Å². The first-order valence-electron chi connectivity index (χ1n) is 9.38. The van der Waals surface area contributed by atoms with Crippen molar-refractivity contribution in [3.63, 3.8) is 0 Å². The van der Waals surface area contributed by atoms with Crippen LogP contribution >= 0.6 is 11.3 Å². The van der Waals surface area contributed by atoms with Gasteiger partial charge < -0.3 is 4.90 Å². The summed E-state index contributed by atoms with van der Waals surface area (Å²) in [6.07, 6.45) is 3.76. The van der Waals surface area contributed by atoms with Crippen LogP contribution in [0.15, 0.2) is 24.3 Å². The van der Waals surface area contributed by atoms with E-state index in [0.29, 0.717) is 30.6 Å². The van der Waals surface area contributed by atoms with Gasteiger partial charge in [0.25, 0.3) is 5.91 Å². The van der Waals surface area contributed by atoms with E-state index in [4.69, 9.17) is 0 Å². The van der Waals surface area contributed by atoms with Crippen molar-refractivity contribution in [2.75, 3.05) is 0 Å². The van der Waals surface area contributed by atoms with E-state index in [2.05, 4.69) is 0 Å². The Hall–Kier alpha value is -2.28. The number of benzene rings is 1. The lowest BCUT2D eigenvalue weighted by molar-refractivity contribution is -0.142. The van der Waals surface area contributed by atoms with Crippen molar-refractivity contribution in [2.24, 2.45) is 0 Å². The first-order chi connectivity index (χ1) is 13.0. The summed E-state index contributed by atoms with van der Waals surface area (Å²) in [6, 6.07) is 6.38. The van der Waals surface area contributed by atoms with Crippen molar-refractivity contribution in [3.05, 3.63) is 35.0 Å². The molecule has 3 aliphatic rings. The van der Waals surface area contributed by atoms with Crippen molar-refractivity contribution in [1.82, 2.24) is 9.80 Å². The average molecular weight is 386 g/mol. The van der Waals surface area contributed by atoms with Crippen LogP contribution in [0.2, 0.25) is 0 Å². The topological polar surface area (TPSA) is 57.7 Å². The minimum atomic E-state index is -0.305. The van der Waals surface area contributed by atoms with Crippen LogP contribution < -0.4 is 0 Å². The lowest BCUT2D eigenvalue weighted by Gasteiger charge is -2.41. The zero-order chi connectivity index (χ0) is 18.7. The summed E-state index contributed by atoms with van der Waals surface area (Å²) >= 11 is 1.39. The van der Waals surface area contributed by atoms with Gasteiger partial charge in [-0.05, 0) is 55.3 Å². The van der Waals surface area contributed by atoms with E-state index in [0.717, 1.165) is 22.9 Å². The van der Waals surface area contributed by atoms with Gasteiger partial charge in [-0.2, -0.15) is 0 Å². The van der Waals surface area contributed by atoms with E-state index in [1.54, 1.807) is 12.1 Å². The van der Waals surface area contributed by atoms with Crippen LogP contribution in [0.5, 0.6) is 0 Å². The number of amides is 3. The predicted molar refractivity (Wildman–Crippen MR) is 98.9 cm³/mol. The fraction of sp³-hybridized carbons (Fsp3) is 0.450. The lowest BCUT2D eigenvalue weighted by Crippen LogP contribution is -2.53. The second kappa shape index (κ2) is 6.12. The molecule has 2 aromatic rings. The van der Waals surface area contributed by atoms with Crippen LogP contribution in [0.4, 0.5) is 4.39 Å². The molecule has 1 aromatic heterocycles. The Morgan fingerprint density at radius 1 is 1.00 bits per heavy atom. The molecular weight excluding hydrogens is 367 g/mol. The van der Waals surface area contributed by atoms with E-state index in [1.165, 1.54) is 28.4 Å². The highest BCUT2D eigenvalue weighted by Crippen LogP contribution is 2.40. The van der Waals surface area contributed by atoms with E-state index >= 15 is 0 Å². The number of thiophene rings is 1. The molecule has 4 heterocycles. The Balaban J connectivity index is 1.39. The minimum absolute atomic E-state index is 0.0124. The molecule has 3 saturated heterocycles. The molecule has 3 amide bonds. The molecule has 0 N–H and O–H groups in total. The summed E-state index contributed by atoms with van der Waals surface area (Å²) in [7, 11) is 0. The zero-order valence-electron chi connectivity index (χ0n) is 14.7. The Labute approximate surface area is 159 Å². The maximum absolute atomic E-state index is 13.4. The number of halogens is 1. The van der Waals surface area contributed by atoms with Gasteiger partial charge in [-0.1, -0.05) is 0 Å². The molecule has 2 unspecified atom stereocenters. The molecule has 7 heteroatoms. The van der Waals surface area contributed by atoms with Gasteiger partial charge in [-0.25, -0.2) is 4.39 Å². The van der Waals surface area contributed by atoms with E-state index in [9.17, 15) is 18.8 Å². The maximum atomic E-state index is 13.4. The van der Waals surface area contributed by atoms with Crippen molar-refractivity contribution in [1.29, 1.82) is 0 Å². The number of likely N-dealkylation sites (tertiary alicyclic amines) is 1. The molecule has 3 aliphatic heterocycles. The molecular formula is C20H19FN2O3S. The van der Waals surface area contributed by atoms with Gasteiger partial charge in [-0.15, -0.1) is 11.3 Å². The van der Waals surface area contributed by atoms with Gasteiger partial charge in [0.15, 0.2) is 0 Å². The maximum Gasteiger partial charge on any atom is 0.264 e. The van der Waals surface area contributed by atoms with Crippen LogP contribution in [-0.2, 0) is 9.59 Å². The molecule has 3 fully saturated rings. The molecule has 140 valence electrons. The van der Waals surface area contributed by atoms with E-state index in [-0.39, 0.29) is 41.7 Å². The number of piperidine rings is 1. The van der Waals surface area contributed by atoms with Gasteiger partial charge in [0.1, 0.15) is 5.82 Å². The molecule has 2 atom stereocenters. The summed E-state index contributed by atoms with van der Waals surface area (Å²) in [6.45, 7) is 0. The lowest BCUT2D eigenvalue weighted by atomic mass is 9.95. The molecule has 2 bridgehead atoms. The summed E-state index contributed by atoms with van der Waals surface area (Å²) < 4.78 is 14.3. The molecule has 0 spiro atoms. The fourth-order valence-corrected chi connectivity index (χ4v) is 5.93. The highest BCUT2D eigenvalue weighted by Gasteiger charge is 2.48. The monoisotopic (exact) mass is 386 g/mol. The third-order valence-corrected chi connectivity index (χ3v) is 7.19. The highest BCUT2D eigenvalue weighted by atomic mass is 32.1. The smallest absolute Gasteiger partial charge is 0.264 e. The number of nitrogens with zero attached hydrogens (tertiary/aromatic N) is 2. The van der Waals surface area contributed by atoms with Crippen molar-refractivity contribution >= 4 is 39.1 Å². The Bertz CT molecular complexity index is 941. The van der Waals surface area contributed by atoms with E-state index in [1.807, 2.05) is 4.90 Å². The number of hydrogen-bond donors (Lipinski definition) is 0. The standard InChI is InChI=1S/C20H19FN2O3S/c21-12-1-4-16-11(7-12)8-17(27-16)20(26)22-13-2-3-14(22)10-15(9-13)23-18(24)5-6-19(23)25/h1,4,7-8,13-15H,2-3,5-6,9-10H2. The average Bonchev–Trinajstić information content (AvgIpc) is 3.28. The van der Waals surface area contributed by atoms with Crippen LogP contribution in [0, 0.1) is 5.82 Å². The second-order valence-electron chi connectivity index (χ2n) is 7.67. The summed E-state index contributed by atoms with van der Waals surface area (Å²) in [4.78, 5) is 41.3. The quantitative estimate of drug-likeness (QED) is 0.744. The molecule has 5 rings (SSSR count). The third-order valence-electron chi connectivity index (χ3n) is 6.09. The molecule has 0 aliphatic carbocycles. The van der Waals surface area contributed by atoms with Crippen LogP contribution in [0.25, 0.3) is 10.1 Å². The van der Waals surface area contributed by atoms with Gasteiger partial charge in [0.05, 0.1) is 4.88 Å². The second-order valence-corrected chi connectivity index (χ2v) is 8.76.